The van der Waals surface area contributed by atoms with Gasteiger partial charge in [0.15, 0.2) is 0 Å². The number of nitrogens with one attached hydrogen (secondary N) is 1. The molecule has 5 nitrogen and oxygen atoms in total. The normalized spacial score (nSPS) is 10.7. The van der Waals surface area contributed by atoms with Crippen LogP contribution in [0.1, 0.15) is 18.4 Å². The monoisotopic (exact) mass is 311 g/mol. The molecule has 23 heavy (non-hydrogen) atoms. The number of anilines is 1. The molecule has 1 aromatic carbocycles. The Morgan fingerprint density at radius 1 is 1.17 bits per heavy atom. The molecular formula is C18H21N3O2. The van der Waals surface area contributed by atoms with Crippen molar-refractivity contribution < 1.29 is 9.15 Å². The van der Waals surface area contributed by atoms with Gasteiger partial charge in [0.05, 0.1) is 25.0 Å². The van der Waals surface area contributed by atoms with Crippen LogP contribution in [0.15, 0.2) is 47.0 Å². The van der Waals surface area contributed by atoms with E-state index in [1.165, 1.54) is 0 Å². The molecule has 0 aliphatic heterocycles. The number of rotatable bonds is 6. The zero-order chi connectivity index (χ0) is 16.2. The SMILES string of the molecule is CCOc1ccc(-c2cnc(NCc3ccc(C)o3)n2C)cc1. The summed E-state index contributed by atoms with van der Waals surface area (Å²) in [6, 6.07) is 12.0. The van der Waals surface area contributed by atoms with E-state index in [1.807, 2.05) is 68.1 Å². The van der Waals surface area contributed by atoms with Crippen molar-refractivity contribution in [2.75, 3.05) is 11.9 Å². The molecule has 120 valence electrons. The first-order valence-corrected chi connectivity index (χ1v) is 7.71. The van der Waals surface area contributed by atoms with Crippen molar-refractivity contribution >= 4 is 5.95 Å². The second kappa shape index (κ2) is 6.60. The van der Waals surface area contributed by atoms with Gasteiger partial charge in [-0.2, -0.15) is 0 Å². The fourth-order valence-corrected chi connectivity index (χ4v) is 2.48. The third-order valence-corrected chi connectivity index (χ3v) is 3.67. The van der Waals surface area contributed by atoms with Crippen LogP contribution in [0.4, 0.5) is 5.95 Å². The quantitative estimate of drug-likeness (QED) is 0.747. The molecule has 1 N–H and O–H groups in total. The predicted octanol–water partition coefficient (Wildman–Crippen LogP) is 4.00. The van der Waals surface area contributed by atoms with Crippen LogP contribution >= 0.6 is 0 Å². The van der Waals surface area contributed by atoms with Gasteiger partial charge in [-0.05, 0) is 50.2 Å². The molecule has 0 atom stereocenters. The molecule has 0 radical (unpaired) electrons. The van der Waals surface area contributed by atoms with Crippen LogP contribution < -0.4 is 10.1 Å². The third kappa shape index (κ3) is 3.39. The van der Waals surface area contributed by atoms with E-state index in [0.717, 1.165) is 34.5 Å². The standard InChI is InChI=1S/C18H21N3O2/c1-4-22-15-9-6-14(7-10-15)17-12-20-18(21(17)3)19-11-16-8-5-13(2)23-16/h5-10,12H,4,11H2,1-3H3,(H,19,20). The molecule has 2 heterocycles. The fourth-order valence-electron chi connectivity index (χ4n) is 2.48. The molecule has 0 fully saturated rings. The topological polar surface area (TPSA) is 52.2 Å². The van der Waals surface area contributed by atoms with Crippen LogP contribution in [-0.4, -0.2) is 16.2 Å². The van der Waals surface area contributed by atoms with Crippen molar-refractivity contribution in [3.63, 3.8) is 0 Å². The first kappa shape index (κ1) is 15.2. The van der Waals surface area contributed by atoms with Gasteiger partial charge in [0.2, 0.25) is 5.95 Å². The second-order valence-corrected chi connectivity index (χ2v) is 5.35. The lowest BCUT2D eigenvalue weighted by molar-refractivity contribution is 0.340. The summed E-state index contributed by atoms with van der Waals surface area (Å²) >= 11 is 0. The van der Waals surface area contributed by atoms with E-state index in [1.54, 1.807) is 0 Å². The van der Waals surface area contributed by atoms with Crippen LogP contribution in [0.25, 0.3) is 11.3 Å². The number of furan rings is 1. The summed E-state index contributed by atoms with van der Waals surface area (Å²) < 4.78 is 13.1. The number of hydrogen-bond acceptors (Lipinski definition) is 4. The molecule has 2 aromatic heterocycles. The summed E-state index contributed by atoms with van der Waals surface area (Å²) in [4.78, 5) is 4.45. The second-order valence-electron chi connectivity index (χ2n) is 5.35. The first-order chi connectivity index (χ1) is 11.2. The number of aromatic nitrogens is 2. The van der Waals surface area contributed by atoms with E-state index in [4.69, 9.17) is 9.15 Å². The molecular weight excluding hydrogens is 290 g/mol. The van der Waals surface area contributed by atoms with E-state index in [0.29, 0.717) is 13.2 Å². The van der Waals surface area contributed by atoms with Crippen LogP contribution in [0, 0.1) is 6.92 Å². The fraction of sp³-hybridized carbons (Fsp3) is 0.278. The van der Waals surface area contributed by atoms with Gasteiger partial charge in [-0.1, -0.05) is 0 Å². The third-order valence-electron chi connectivity index (χ3n) is 3.67. The van der Waals surface area contributed by atoms with E-state index in [2.05, 4.69) is 10.3 Å². The maximum absolute atomic E-state index is 5.56. The average Bonchev–Trinajstić information content (AvgIpc) is 3.13. The Bertz CT molecular complexity index is 772. The Balaban J connectivity index is 1.73. The van der Waals surface area contributed by atoms with Gasteiger partial charge in [0.1, 0.15) is 17.3 Å². The molecule has 0 bridgehead atoms. The molecule has 0 saturated carbocycles. The summed E-state index contributed by atoms with van der Waals surface area (Å²) in [6.45, 7) is 5.20. The van der Waals surface area contributed by atoms with Gasteiger partial charge in [-0.25, -0.2) is 4.98 Å². The Labute approximate surface area is 135 Å². The molecule has 0 aliphatic carbocycles. The van der Waals surface area contributed by atoms with Crippen LogP contribution in [0.2, 0.25) is 0 Å². The minimum Gasteiger partial charge on any atom is -0.494 e. The number of benzene rings is 1. The van der Waals surface area contributed by atoms with Crippen molar-refractivity contribution in [3.8, 4) is 17.0 Å². The zero-order valence-corrected chi connectivity index (χ0v) is 13.7. The predicted molar refractivity (Wildman–Crippen MR) is 90.6 cm³/mol. The lowest BCUT2D eigenvalue weighted by Gasteiger charge is -2.08. The van der Waals surface area contributed by atoms with Gasteiger partial charge in [0, 0.05) is 12.6 Å². The number of nitrogens with zero attached hydrogens (tertiary/aromatic N) is 2. The minimum absolute atomic E-state index is 0.613. The van der Waals surface area contributed by atoms with Gasteiger partial charge < -0.3 is 19.0 Å². The number of hydrogen-bond donors (Lipinski definition) is 1. The smallest absolute Gasteiger partial charge is 0.203 e. The van der Waals surface area contributed by atoms with Crippen molar-refractivity contribution in [2.24, 2.45) is 7.05 Å². The Morgan fingerprint density at radius 2 is 1.96 bits per heavy atom. The Hall–Kier alpha value is -2.69. The summed E-state index contributed by atoms with van der Waals surface area (Å²) in [6.07, 6.45) is 1.87. The highest BCUT2D eigenvalue weighted by atomic mass is 16.5. The molecule has 5 heteroatoms. The zero-order valence-electron chi connectivity index (χ0n) is 13.7. The number of aryl methyl sites for hydroxylation is 1. The molecule has 0 saturated heterocycles. The van der Waals surface area contributed by atoms with Gasteiger partial charge in [-0.15, -0.1) is 0 Å². The van der Waals surface area contributed by atoms with E-state index in [-0.39, 0.29) is 0 Å². The van der Waals surface area contributed by atoms with Crippen molar-refractivity contribution in [1.29, 1.82) is 0 Å². The van der Waals surface area contributed by atoms with E-state index in [9.17, 15) is 0 Å². The van der Waals surface area contributed by atoms with Crippen LogP contribution in [0.5, 0.6) is 5.75 Å². The maximum atomic E-state index is 5.56. The molecule has 3 aromatic rings. The van der Waals surface area contributed by atoms with E-state index < -0.39 is 0 Å². The van der Waals surface area contributed by atoms with Crippen molar-refractivity contribution in [2.45, 2.75) is 20.4 Å². The van der Waals surface area contributed by atoms with Crippen LogP contribution in [0.3, 0.4) is 0 Å². The maximum Gasteiger partial charge on any atom is 0.203 e. The van der Waals surface area contributed by atoms with Gasteiger partial charge >= 0.3 is 0 Å². The van der Waals surface area contributed by atoms with Gasteiger partial charge in [-0.3, -0.25) is 0 Å². The number of ether oxygens (including phenoxy) is 1. The summed E-state index contributed by atoms with van der Waals surface area (Å²) in [5.74, 6) is 3.50. The van der Waals surface area contributed by atoms with Gasteiger partial charge in [0.25, 0.3) is 0 Å². The Morgan fingerprint density at radius 3 is 2.61 bits per heavy atom. The molecule has 0 amide bonds. The molecule has 3 rings (SSSR count). The average molecular weight is 311 g/mol. The Kier molecular flexibility index (Phi) is 4.37. The highest BCUT2D eigenvalue weighted by Gasteiger charge is 2.09. The lowest BCUT2D eigenvalue weighted by Crippen LogP contribution is -2.05. The van der Waals surface area contributed by atoms with Crippen molar-refractivity contribution in [1.82, 2.24) is 9.55 Å². The number of imidazole rings is 1. The highest BCUT2D eigenvalue weighted by molar-refractivity contribution is 5.62. The summed E-state index contributed by atoms with van der Waals surface area (Å²) in [5.41, 5.74) is 2.15. The summed E-state index contributed by atoms with van der Waals surface area (Å²) in [7, 11) is 1.99. The first-order valence-electron chi connectivity index (χ1n) is 7.71. The molecule has 0 spiro atoms. The minimum atomic E-state index is 0.613. The van der Waals surface area contributed by atoms with E-state index >= 15 is 0 Å². The van der Waals surface area contributed by atoms with Crippen molar-refractivity contribution in [3.05, 3.63) is 54.1 Å². The van der Waals surface area contributed by atoms with Crippen LogP contribution in [-0.2, 0) is 13.6 Å². The molecule has 0 unspecified atom stereocenters. The highest BCUT2D eigenvalue weighted by Crippen LogP contribution is 2.24. The molecule has 0 aliphatic rings. The summed E-state index contributed by atoms with van der Waals surface area (Å²) in [5, 5.41) is 3.30. The largest absolute Gasteiger partial charge is 0.494 e. The lowest BCUT2D eigenvalue weighted by atomic mass is 10.1.